The van der Waals surface area contributed by atoms with Gasteiger partial charge in [0, 0.05) is 6.04 Å². The van der Waals surface area contributed by atoms with E-state index in [-0.39, 0.29) is 0 Å². The maximum absolute atomic E-state index is 4.46. The third kappa shape index (κ3) is 1.25. The first-order chi connectivity index (χ1) is 6.83. The van der Waals surface area contributed by atoms with Crippen molar-refractivity contribution < 1.29 is 0 Å². The zero-order chi connectivity index (χ0) is 9.54. The molecule has 14 heavy (non-hydrogen) atoms. The molecule has 0 unspecified atom stereocenters. The summed E-state index contributed by atoms with van der Waals surface area (Å²) in [5, 5.41) is 3.39. The van der Waals surface area contributed by atoms with Gasteiger partial charge in [-0.15, -0.1) is 0 Å². The fourth-order valence-corrected chi connectivity index (χ4v) is 1.72. The Morgan fingerprint density at radius 1 is 1.43 bits per heavy atom. The highest BCUT2D eigenvalue weighted by molar-refractivity contribution is 5.77. The average Bonchev–Trinajstić information content (AvgIpc) is 2.74. The van der Waals surface area contributed by atoms with Gasteiger partial charge in [-0.25, -0.2) is 4.98 Å². The van der Waals surface area contributed by atoms with E-state index in [1.54, 1.807) is 0 Å². The average molecular weight is 187 g/mol. The fraction of sp³-hybridized carbons (Fsp3) is 0.364. The molecule has 3 nitrogen and oxygen atoms in total. The van der Waals surface area contributed by atoms with Crippen LogP contribution in [0.1, 0.15) is 13.3 Å². The molecule has 0 bridgehead atoms. The molecular weight excluding hydrogens is 174 g/mol. The van der Waals surface area contributed by atoms with E-state index in [0.29, 0.717) is 6.04 Å². The molecule has 1 aliphatic carbocycles. The topological polar surface area (TPSA) is 40.7 Å². The number of nitrogens with one attached hydrogen (secondary N) is 2. The van der Waals surface area contributed by atoms with E-state index in [1.807, 2.05) is 24.3 Å². The summed E-state index contributed by atoms with van der Waals surface area (Å²) < 4.78 is 0. The van der Waals surface area contributed by atoms with E-state index in [0.717, 1.165) is 22.9 Å². The number of rotatable bonds is 2. The molecule has 72 valence electrons. The molecular formula is C11H13N3. The summed E-state index contributed by atoms with van der Waals surface area (Å²) in [6, 6.07) is 8.71. The van der Waals surface area contributed by atoms with Crippen molar-refractivity contribution in [1.29, 1.82) is 0 Å². The Kier molecular flexibility index (Phi) is 1.54. The van der Waals surface area contributed by atoms with Gasteiger partial charge in [0.05, 0.1) is 11.0 Å². The number of anilines is 1. The first-order valence-electron chi connectivity index (χ1n) is 5.04. The highest BCUT2D eigenvalue weighted by atomic mass is 15.1. The van der Waals surface area contributed by atoms with Crippen molar-refractivity contribution >= 4 is 17.0 Å². The Morgan fingerprint density at radius 2 is 2.21 bits per heavy atom. The van der Waals surface area contributed by atoms with Crippen LogP contribution in [0.3, 0.4) is 0 Å². The van der Waals surface area contributed by atoms with Crippen molar-refractivity contribution in [2.75, 3.05) is 5.32 Å². The maximum atomic E-state index is 4.46. The summed E-state index contributed by atoms with van der Waals surface area (Å²) in [4.78, 5) is 7.73. The van der Waals surface area contributed by atoms with Crippen LogP contribution in [0.4, 0.5) is 5.95 Å². The van der Waals surface area contributed by atoms with Crippen LogP contribution >= 0.6 is 0 Å². The third-order valence-corrected chi connectivity index (χ3v) is 2.82. The second kappa shape index (κ2) is 2.74. The first kappa shape index (κ1) is 7.85. The maximum Gasteiger partial charge on any atom is 0.201 e. The lowest BCUT2D eigenvalue weighted by molar-refractivity contribution is 0.920. The predicted molar refractivity (Wildman–Crippen MR) is 57.3 cm³/mol. The minimum atomic E-state index is 0.621. The Bertz CT molecular complexity index is 427. The molecule has 0 saturated heterocycles. The number of nitrogens with zero attached hydrogens (tertiary/aromatic N) is 1. The van der Waals surface area contributed by atoms with Crippen molar-refractivity contribution in [2.24, 2.45) is 5.92 Å². The lowest BCUT2D eigenvalue weighted by Crippen LogP contribution is -2.04. The van der Waals surface area contributed by atoms with Crippen molar-refractivity contribution in [3.8, 4) is 0 Å². The van der Waals surface area contributed by atoms with E-state index < -0.39 is 0 Å². The molecule has 0 amide bonds. The molecule has 1 heterocycles. The molecule has 3 heteroatoms. The van der Waals surface area contributed by atoms with E-state index in [2.05, 4.69) is 22.2 Å². The monoisotopic (exact) mass is 187 g/mol. The highest BCUT2D eigenvalue weighted by Crippen LogP contribution is 2.32. The molecule has 1 aromatic heterocycles. The van der Waals surface area contributed by atoms with Crippen molar-refractivity contribution in [2.45, 2.75) is 19.4 Å². The van der Waals surface area contributed by atoms with Crippen LogP contribution in [0.25, 0.3) is 11.0 Å². The third-order valence-electron chi connectivity index (χ3n) is 2.82. The number of fused-ring (bicyclic) bond motifs is 1. The molecule has 1 aromatic carbocycles. The summed E-state index contributed by atoms with van der Waals surface area (Å²) >= 11 is 0. The van der Waals surface area contributed by atoms with Gasteiger partial charge in [0.2, 0.25) is 5.95 Å². The van der Waals surface area contributed by atoms with Gasteiger partial charge in [0.25, 0.3) is 0 Å². The first-order valence-corrected chi connectivity index (χ1v) is 5.04. The zero-order valence-electron chi connectivity index (χ0n) is 8.12. The fourth-order valence-electron chi connectivity index (χ4n) is 1.72. The highest BCUT2D eigenvalue weighted by Gasteiger charge is 2.32. The summed E-state index contributed by atoms with van der Waals surface area (Å²) in [5.74, 6) is 1.70. The number of benzene rings is 1. The zero-order valence-corrected chi connectivity index (χ0v) is 8.12. The number of hydrogen-bond acceptors (Lipinski definition) is 2. The second-order valence-corrected chi connectivity index (χ2v) is 4.07. The molecule has 2 N–H and O–H groups in total. The molecule has 0 aliphatic heterocycles. The van der Waals surface area contributed by atoms with Crippen LogP contribution in [0.15, 0.2) is 24.3 Å². The summed E-state index contributed by atoms with van der Waals surface area (Å²) in [6.45, 7) is 2.25. The molecule has 0 radical (unpaired) electrons. The van der Waals surface area contributed by atoms with Crippen LogP contribution in [-0.4, -0.2) is 16.0 Å². The van der Waals surface area contributed by atoms with Gasteiger partial charge < -0.3 is 10.3 Å². The molecule has 3 rings (SSSR count). The van der Waals surface area contributed by atoms with Crippen LogP contribution in [-0.2, 0) is 0 Å². The van der Waals surface area contributed by atoms with Gasteiger partial charge >= 0.3 is 0 Å². The van der Waals surface area contributed by atoms with E-state index in [1.165, 1.54) is 6.42 Å². The number of imidazole rings is 1. The van der Waals surface area contributed by atoms with Crippen molar-refractivity contribution in [3.05, 3.63) is 24.3 Å². The minimum Gasteiger partial charge on any atom is -0.353 e. The lowest BCUT2D eigenvalue weighted by Gasteiger charge is -1.97. The summed E-state index contributed by atoms with van der Waals surface area (Å²) in [6.07, 6.45) is 1.26. The van der Waals surface area contributed by atoms with Gasteiger partial charge in [0.15, 0.2) is 0 Å². The van der Waals surface area contributed by atoms with Gasteiger partial charge in [0.1, 0.15) is 0 Å². The number of hydrogen-bond donors (Lipinski definition) is 2. The Morgan fingerprint density at radius 3 is 2.93 bits per heavy atom. The molecule has 2 atom stereocenters. The number of aromatic nitrogens is 2. The molecule has 2 aromatic rings. The van der Waals surface area contributed by atoms with Gasteiger partial charge in [-0.2, -0.15) is 0 Å². The normalized spacial score (nSPS) is 25.2. The van der Waals surface area contributed by atoms with Crippen LogP contribution < -0.4 is 5.32 Å². The number of aromatic amines is 1. The second-order valence-electron chi connectivity index (χ2n) is 4.07. The predicted octanol–water partition coefficient (Wildman–Crippen LogP) is 2.38. The van der Waals surface area contributed by atoms with Crippen LogP contribution in [0, 0.1) is 5.92 Å². The number of para-hydroxylation sites is 2. The summed E-state index contributed by atoms with van der Waals surface area (Å²) in [7, 11) is 0. The molecule has 1 fully saturated rings. The minimum absolute atomic E-state index is 0.621. The smallest absolute Gasteiger partial charge is 0.201 e. The Labute approximate surface area is 82.5 Å². The molecule has 1 aliphatic rings. The summed E-state index contributed by atoms with van der Waals surface area (Å²) in [5.41, 5.74) is 2.13. The van der Waals surface area contributed by atoms with Gasteiger partial charge in [-0.3, -0.25) is 0 Å². The number of H-pyrrole nitrogens is 1. The van der Waals surface area contributed by atoms with Crippen LogP contribution in [0.5, 0.6) is 0 Å². The van der Waals surface area contributed by atoms with Crippen molar-refractivity contribution in [3.63, 3.8) is 0 Å². The standard InChI is InChI=1S/C11H13N3/c1-7-6-10(7)14-11-12-8-4-2-3-5-9(8)13-11/h2-5,7,10H,6H2,1H3,(H2,12,13,14)/t7-,10-/m1/s1. The van der Waals surface area contributed by atoms with E-state index in [4.69, 9.17) is 0 Å². The van der Waals surface area contributed by atoms with Gasteiger partial charge in [-0.1, -0.05) is 19.1 Å². The lowest BCUT2D eigenvalue weighted by atomic mass is 10.3. The largest absolute Gasteiger partial charge is 0.353 e. The van der Waals surface area contributed by atoms with Gasteiger partial charge in [-0.05, 0) is 24.5 Å². The SMILES string of the molecule is C[C@@H]1C[C@H]1Nc1nc2ccccc2[nH]1. The van der Waals surface area contributed by atoms with Crippen molar-refractivity contribution in [1.82, 2.24) is 9.97 Å². The van der Waals surface area contributed by atoms with Crippen LogP contribution in [0.2, 0.25) is 0 Å². The van der Waals surface area contributed by atoms with E-state index in [9.17, 15) is 0 Å². The quantitative estimate of drug-likeness (QED) is 0.757. The Balaban J connectivity index is 1.90. The van der Waals surface area contributed by atoms with E-state index >= 15 is 0 Å². The Hall–Kier alpha value is -1.51. The molecule has 0 spiro atoms. The molecule has 1 saturated carbocycles.